The van der Waals surface area contributed by atoms with Crippen LogP contribution < -0.4 is 5.73 Å². The Bertz CT molecular complexity index is 573. The highest BCUT2D eigenvalue weighted by molar-refractivity contribution is 7.09. The molecule has 1 amide bonds. The van der Waals surface area contributed by atoms with Crippen molar-refractivity contribution in [3.63, 3.8) is 0 Å². The number of carbonyl (C=O) groups excluding carboxylic acids is 1. The van der Waals surface area contributed by atoms with Gasteiger partial charge < -0.3 is 5.73 Å². The van der Waals surface area contributed by atoms with E-state index in [1.807, 2.05) is 35.6 Å². The Kier molecular flexibility index (Phi) is 3.85. The Balaban J connectivity index is 1.68. The summed E-state index contributed by atoms with van der Waals surface area (Å²) in [4.78, 5) is 15.0. The molecule has 0 spiro atoms. The first-order chi connectivity index (χ1) is 9.72. The fourth-order valence-corrected chi connectivity index (χ4v) is 3.09. The van der Waals surface area contributed by atoms with Crippen LogP contribution in [0.4, 0.5) is 0 Å². The highest BCUT2D eigenvalue weighted by Crippen LogP contribution is 2.30. The maximum Gasteiger partial charge on any atom is 0.248 e. The van der Waals surface area contributed by atoms with Crippen LogP contribution in [0, 0.1) is 0 Å². The van der Waals surface area contributed by atoms with E-state index < -0.39 is 0 Å². The van der Waals surface area contributed by atoms with Crippen molar-refractivity contribution in [2.45, 2.75) is 32.0 Å². The molecule has 4 heteroatoms. The number of hydrogen-bond acceptors (Lipinski definition) is 3. The normalized spacial score (nSPS) is 14.7. The molecule has 0 bridgehead atoms. The molecule has 1 aliphatic rings. The summed E-state index contributed by atoms with van der Waals surface area (Å²) < 4.78 is 0. The van der Waals surface area contributed by atoms with Crippen LogP contribution in [0.15, 0.2) is 41.8 Å². The second-order valence-corrected chi connectivity index (χ2v) is 6.31. The van der Waals surface area contributed by atoms with E-state index in [2.05, 4.69) is 22.4 Å². The molecule has 2 N–H and O–H groups in total. The summed E-state index contributed by atoms with van der Waals surface area (Å²) in [6, 6.07) is 12.6. The quantitative estimate of drug-likeness (QED) is 0.887. The third-order valence-electron chi connectivity index (χ3n) is 3.63. The third-order valence-corrected chi connectivity index (χ3v) is 4.49. The number of amides is 1. The second-order valence-electron chi connectivity index (χ2n) is 5.28. The van der Waals surface area contributed by atoms with Gasteiger partial charge in [-0.25, -0.2) is 0 Å². The van der Waals surface area contributed by atoms with Gasteiger partial charge in [-0.15, -0.1) is 11.3 Å². The lowest BCUT2D eigenvalue weighted by molar-refractivity contribution is 0.100. The molecule has 1 saturated carbocycles. The monoisotopic (exact) mass is 286 g/mol. The van der Waals surface area contributed by atoms with Crippen LogP contribution in [0.25, 0.3) is 0 Å². The Hall–Kier alpha value is -1.65. The molecule has 1 fully saturated rings. The molecule has 104 valence electrons. The standard InChI is InChI=1S/C16H18N2OS/c17-16(19)13-5-3-12(4-6-13)10-18(14-7-8-14)11-15-2-1-9-20-15/h1-6,9,14H,7-8,10-11H2,(H2,17,19). The van der Waals surface area contributed by atoms with Crippen LogP contribution in [-0.4, -0.2) is 16.8 Å². The number of thiophene rings is 1. The molecule has 0 unspecified atom stereocenters. The van der Waals surface area contributed by atoms with Crippen molar-refractivity contribution in [2.24, 2.45) is 5.73 Å². The van der Waals surface area contributed by atoms with Crippen molar-refractivity contribution >= 4 is 17.2 Å². The SMILES string of the molecule is NC(=O)c1ccc(CN(Cc2cccs2)C2CC2)cc1. The molecule has 0 atom stereocenters. The number of benzene rings is 1. The molecule has 1 aromatic heterocycles. The molecule has 2 aromatic rings. The van der Waals surface area contributed by atoms with Crippen molar-refractivity contribution < 1.29 is 4.79 Å². The van der Waals surface area contributed by atoms with Gasteiger partial charge in [-0.2, -0.15) is 0 Å². The molecule has 0 saturated heterocycles. The zero-order valence-corrected chi connectivity index (χ0v) is 12.1. The van der Waals surface area contributed by atoms with Gasteiger partial charge >= 0.3 is 0 Å². The zero-order valence-electron chi connectivity index (χ0n) is 11.3. The van der Waals surface area contributed by atoms with Gasteiger partial charge in [-0.05, 0) is 42.0 Å². The van der Waals surface area contributed by atoms with Crippen LogP contribution in [0.1, 0.15) is 33.6 Å². The molecule has 20 heavy (non-hydrogen) atoms. The number of hydrogen-bond donors (Lipinski definition) is 1. The van der Waals surface area contributed by atoms with Gasteiger partial charge in [0.15, 0.2) is 0 Å². The molecular formula is C16H18N2OS. The summed E-state index contributed by atoms with van der Waals surface area (Å²) in [5.74, 6) is -0.366. The molecule has 1 aromatic carbocycles. The zero-order chi connectivity index (χ0) is 13.9. The number of carbonyl (C=O) groups is 1. The van der Waals surface area contributed by atoms with Crippen molar-refractivity contribution in [3.05, 3.63) is 57.8 Å². The maximum atomic E-state index is 11.1. The van der Waals surface area contributed by atoms with Gasteiger partial charge in [0.05, 0.1) is 0 Å². The lowest BCUT2D eigenvalue weighted by Gasteiger charge is -2.21. The minimum atomic E-state index is -0.366. The van der Waals surface area contributed by atoms with E-state index in [1.165, 1.54) is 23.3 Å². The predicted octanol–water partition coefficient (Wildman–Crippen LogP) is 3.01. The van der Waals surface area contributed by atoms with Crippen LogP contribution in [0.2, 0.25) is 0 Å². The van der Waals surface area contributed by atoms with Crippen LogP contribution >= 0.6 is 11.3 Å². The summed E-state index contributed by atoms with van der Waals surface area (Å²) in [5.41, 5.74) is 7.07. The summed E-state index contributed by atoms with van der Waals surface area (Å²) in [5, 5.41) is 2.13. The Morgan fingerprint density at radius 2 is 1.95 bits per heavy atom. The molecule has 0 radical (unpaired) electrons. The lowest BCUT2D eigenvalue weighted by atomic mass is 10.1. The van der Waals surface area contributed by atoms with E-state index in [0.29, 0.717) is 11.6 Å². The van der Waals surface area contributed by atoms with Crippen molar-refractivity contribution in [2.75, 3.05) is 0 Å². The molecule has 1 heterocycles. The highest BCUT2D eigenvalue weighted by Gasteiger charge is 2.29. The highest BCUT2D eigenvalue weighted by atomic mass is 32.1. The third kappa shape index (κ3) is 3.26. The van der Waals surface area contributed by atoms with Gasteiger partial charge in [0.1, 0.15) is 0 Å². The topological polar surface area (TPSA) is 46.3 Å². The number of nitrogens with zero attached hydrogens (tertiary/aromatic N) is 1. The van der Waals surface area contributed by atoms with E-state index >= 15 is 0 Å². The molecular weight excluding hydrogens is 268 g/mol. The Labute approximate surface area is 123 Å². The van der Waals surface area contributed by atoms with E-state index in [9.17, 15) is 4.79 Å². The first-order valence-corrected chi connectivity index (χ1v) is 7.75. The lowest BCUT2D eigenvalue weighted by Crippen LogP contribution is -2.24. The van der Waals surface area contributed by atoms with E-state index in [1.54, 1.807) is 0 Å². The fourth-order valence-electron chi connectivity index (χ4n) is 2.37. The Morgan fingerprint density at radius 3 is 2.50 bits per heavy atom. The molecule has 1 aliphatic carbocycles. The number of rotatable bonds is 6. The summed E-state index contributed by atoms with van der Waals surface area (Å²) in [7, 11) is 0. The minimum Gasteiger partial charge on any atom is -0.366 e. The van der Waals surface area contributed by atoms with Gasteiger partial charge in [0, 0.05) is 29.6 Å². The van der Waals surface area contributed by atoms with Crippen molar-refractivity contribution in [3.8, 4) is 0 Å². The van der Waals surface area contributed by atoms with Crippen LogP contribution in [-0.2, 0) is 13.1 Å². The van der Waals surface area contributed by atoms with E-state index in [0.717, 1.165) is 13.1 Å². The first kappa shape index (κ1) is 13.3. The Morgan fingerprint density at radius 1 is 1.20 bits per heavy atom. The van der Waals surface area contributed by atoms with E-state index in [-0.39, 0.29) is 5.91 Å². The summed E-state index contributed by atoms with van der Waals surface area (Å²) in [6.07, 6.45) is 2.59. The molecule has 3 nitrogen and oxygen atoms in total. The fraction of sp³-hybridized carbons (Fsp3) is 0.312. The smallest absolute Gasteiger partial charge is 0.248 e. The van der Waals surface area contributed by atoms with Crippen LogP contribution in [0.3, 0.4) is 0 Å². The molecule has 0 aliphatic heterocycles. The van der Waals surface area contributed by atoms with Crippen molar-refractivity contribution in [1.29, 1.82) is 0 Å². The second kappa shape index (κ2) is 5.77. The minimum absolute atomic E-state index is 0.366. The number of primary amides is 1. The largest absolute Gasteiger partial charge is 0.366 e. The maximum absolute atomic E-state index is 11.1. The van der Waals surface area contributed by atoms with Crippen LogP contribution in [0.5, 0.6) is 0 Å². The predicted molar refractivity (Wildman–Crippen MR) is 81.5 cm³/mol. The first-order valence-electron chi connectivity index (χ1n) is 6.87. The summed E-state index contributed by atoms with van der Waals surface area (Å²) in [6.45, 7) is 1.95. The average molecular weight is 286 g/mol. The van der Waals surface area contributed by atoms with Gasteiger partial charge in [0.25, 0.3) is 0 Å². The van der Waals surface area contributed by atoms with Gasteiger partial charge in [0.2, 0.25) is 5.91 Å². The van der Waals surface area contributed by atoms with Crippen molar-refractivity contribution in [1.82, 2.24) is 4.90 Å². The average Bonchev–Trinajstić information content (AvgIpc) is 3.17. The summed E-state index contributed by atoms with van der Waals surface area (Å²) >= 11 is 1.81. The van der Waals surface area contributed by atoms with Gasteiger partial charge in [-0.1, -0.05) is 18.2 Å². The number of nitrogens with two attached hydrogens (primary N) is 1. The van der Waals surface area contributed by atoms with Gasteiger partial charge in [-0.3, -0.25) is 9.69 Å². The molecule has 3 rings (SSSR count). The van der Waals surface area contributed by atoms with E-state index in [4.69, 9.17) is 5.73 Å².